The molecule has 0 N–H and O–H groups in total. The Morgan fingerprint density at radius 3 is 2.04 bits per heavy atom. The maximum absolute atomic E-state index is 12.0. The third kappa shape index (κ3) is 14.7. The van der Waals surface area contributed by atoms with Crippen LogP contribution in [0.25, 0.3) is 0 Å². The maximum atomic E-state index is 12.0. The first kappa shape index (κ1) is 23.7. The zero-order valence-corrected chi connectivity index (χ0v) is 16.6. The van der Waals surface area contributed by atoms with Crippen LogP contribution < -0.4 is 0 Å². The van der Waals surface area contributed by atoms with Gasteiger partial charge < -0.3 is 9.47 Å². The van der Waals surface area contributed by atoms with Crippen molar-refractivity contribution in [1.29, 1.82) is 0 Å². The van der Waals surface area contributed by atoms with Gasteiger partial charge in [-0.1, -0.05) is 71.8 Å². The molecule has 0 aliphatic heterocycles. The van der Waals surface area contributed by atoms with Crippen LogP contribution in [0.2, 0.25) is 0 Å². The zero-order valence-electron chi connectivity index (χ0n) is 16.6. The zero-order chi connectivity index (χ0) is 18.9. The predicted octanol–water partition coefficient (Wildman–Crippen LogP) is 5.74. The van der Waals surface area contributed by atoms with Crippen molar-refractivity contribution >= 4 is 11.9 Å². The first-order valence-electron chi connectivity index (χ1n) is 10.0. The maximum Gasteiger partial charge on any atom is 0.333 e. The standard InChI is InChI=1S/C21H38O4/c1-5-7-9-10-11-12-14-16-20(22)25-19(15-13-8-6-2)17-24-21(23)18(3)4/h19H,3,5-17H2,1-2,4H3. The van der Waals surface area contributed by atoms with Crippen LogP contribution in [0.5, 0.6) is 0 Å². The second-order valence-corrected chi connectivity index (χ2v) is 6.86. The lowest BCUT2D eigenvalue weighted by atomic mass is 10.1. The van der Waals surface area contributed by atoms with E-state index in [1.807, 2.05) is 0 Å². The van der Waals surface area contributed by atoms with E-state index in [9.17, 15) is 9.59 Å². The smallest absolute Gasteiger partial charge is 0.333 e. The van der Waals surface area contributed by atoms with Gasteiger partial charge in [0.05, 0.1) is 0 Å². The van der Waals surface area contributed by atoms with E-state index in [1.54, 1.807) is 6.92 Å². The molecule has 0 radical (unpaired) electrons. The molecule has 4 heteroatoms. The van der Waals surface area contributed by atoms with E-state index in [4.69, 9.17) is 9.47 Å². The Morgan fingerprint density at radius 1 is 0.880 bits per heavy atom. The Balaban J connectivity index is 4.04. The van der Waals surface area contributed by atoms with Crippen molar-refractivity contribution in [1.82, 2.24) is 0 Å². The number of carbonyl (C=O) groups excluding carboxylic acids is 2. The summed E-state index contributed by atoms with van der Waals surface area (Å²) >= 11 is 0. The molecule has 0 aromatic rings. The Morgan fingerprint density at radius 2 is 1.44 bits per heavy atom. The van der Waals surface area contributed by atoms with Crippen LogP contribution in [0.4, 0.5) is 0 Å². The third-order valence-corrected chi connectivity index (χ3v) is 4.16. The lowest BCUT2D eigenvalue weighted by molar-refractivity contribution is -0.157. The average molecular weight is 355 g/mol. The summed E-state index contributed by atoms with van der Waals surface area (Å²) in [5.74, 6) is -0.606. The van der Waals surface area contributed by atoms with Gasteiger partial charge in [-0.15, -0.1) is 0 Å². The quantitative estimate of drug-likeness (QED) is 0.201. The SMILES string of the molecule is C=C(C)C(=O)OCC(CCCCC)OC(=O)CCCCCCCCC. The highest BCUT2D eigenvalue weighted by atomic mass is 16.6. The van der Waals surface area contributed by atoms with E-state index in [0.717, 1.165) is 38.5 Å². The van der Waals surface area contributed by atoms with Gasteiger partial charge in [0.1, 0.15) is 12.7 Å². The van der Waals surface area contributed by atoms with Gasteiger partial charge in [0, 0.05) is 12.0 Å². The molecule has 1 atom stereocenters. The molecule has 0 saturated carbocycles. The molecule has 0 amide bonds. The van der Waals surface area contributed by atoms with E-state index in [0.29, 0.717) is 12.0 Å². The van der Waals surface area contributed by atoms with Crippen molar-refractivity contribution in [2.45, 2.75) is 104 Å². The number of rotatable bonds is 16. The minimum absolute atomic E-state index is 0.123. The Kier molecular flexibility index (Phi) is 15.3. The van der Waals surface area contributed by atoms with Crippen LogP contribution in [0, 0.1) is 0 Å². The van der Waals surface area contributed by atoms with Crippen LogP contribution >= 0.6 is 0 Å². The van der Waals surface area contributed by atoms with E-state index in [1.165, 1.54) is 32.1 Å². The summed E-state index contributed by atoms with van der Waals surface area (Å²) < 4.78 is 10.7. The fourth-order valence-corrected chi connectivity index (χ4v) is 2.56. The molecule has 1 unspecified atom stereocenters. The summed E-state index contributed by atoms with van der Waals surface area (Å²) in [4.78, 5) is 23.5. The minimum atomic E-state index is -0.427. The number of ether oxygens (including phenoxy) is 2. The van der Waals surface area contributed by atoms with E-state index in [2.05, 4.69) is 20.4 Å². The van der Waals surface area contributed by atoms with Crippen molar-refractivity contribution in [3.05, 3.63) is 12.2 Å². The van der Waals surface area contributed by atoms with E-state index in [-0.39, 0.29) is 18.7 Å². The fraction of sp³-hybridized carbons (Fsp3) is 0.810. The third-order valence-electron chi connectivity index (χ3n) is 4.16. The largest absolute Gasteiger partial charge is 0.459 e. The van der Waals surface area contributed by atoms with Crippen LogP contribution in [0.3, 0.4) is 0 Å². The van der Waals surface area contributed by atoms with Crippen LogP contribution in [0.1, 0.15) is 97.8 Å². The minimum Gasteiger partial charge on any atom is -0.459 e. The van der Waals surface area contributed by atoms with Crippen LogP contribution in [-0.2, 0) is 19.1 Å². The molecule has 0 aliphatic rings. The first-order chi connectivity index (χ1) is 12.0. The topological polar surface area (TPSA) is 52.6 Å². The number of unbranched alkanes of at least 4 members (excludes halogenated alkanes) is 8. The molecule has 0 aliphatic carbocycles. The second kappa shape index (κ2) is 16.2. The summed E-state index contributed by atoms with van der Waals surface area (Å²) in [6.45, 7) is 9.64. The Bertz CT molecular complexity index is 376. The first-order valence-corrected chi connectivity index (χ1v) is 10.0. The summed E-state index contributed by atoms with van der Waals surface area (Å²) in [6, 6.07) is 0. The normalized spacial score (nSPS) is 11.8. The molecule has 0 heterocycles. The van der Waals surface area contributed by atoms with Gasteiger partial charge >= 0.3 is 11.9 Å². The fourth-order valence-electron chi connectivity index (χ4n) is 2.56. The van der Waals surface area contributed by atoms with Crippen molar-refractivity contribution in [3.8, 4) is 0 Å². The lowest BCUT2D eigenvalue weighted by Crippen LogP contribution is -2.25. The Labute approximate surface area is 154 Å². The molecule has 4 nitrogen and oxygen atoms in total. The van der Waals surface area contributed by atoms with Gasteiger partial charge in [-0.25, -0.2) is 4.79 Å². The highest BCUT2D eigenvalue weighted by Gasteiger charge is 2.17. The van der Waals surface area contributed by atoms with Gasteiger partial charge in [-0.2, -0.15) is 0 Å². The van der Waals surface area contributed by atoms with Gasteiger partial charge in [0.15, 0.2) is 0 Å². The molecule has 0 bridgehead atoms. The average Bonchev–Trinajstić information content (AvgIpc) is 2.58. The van der Waals surface area contributed by atoms with Gasteiger partial charge in [0.25, 0.3) is 0 Å². The number of hydrogen-bond donors (Lipinski definition) is 0. The number of hydrogen-bond acceptors (Lipinski definition) is 4. The summed E-state index contributed by atoms with van der Waals surface area (Å²) in [7, 11) is 0. The second-order valence-electron chi connectivity index (χ2n) is 6.86. The van der Waals surface area contributed by atoms with Crippen molar-refractivity contribution in [3.63, 3.8) is 0 Å². The molecule has 0 rings (SSSR count). The highest BCUT2D eigenvalue weighted by Crippen LogP contribution is 2.12. The molecule has 0 aromatic carbocycles. The summed E-state index contributed by atoms with van der Waals surface area (Å²) in [6.07, 6.45) is 12.2. The molecular formula is C21H38O4. The monoisotopic (exact) mass is 354 g/mol. The lowest BCUT2D eigenvalue weighted by Gasteiger charge is -2.18. The summed E-state index contributed by atoms with van der Waals surface area (Å²) in [5, 5.41) is 0. The number of carbonyl (C=O) groups is 2. The van der Waals surface area contributed by atoms with Gasteiger partial charge in [-0.05, 0) is 26.2 Å². The van der Waals surface area contributed by atoms with Gasteiger partial charge in [-0.3, -0.25) is 4.79 Å². The molecule has 146 valence electrons. The van der Waals surface area contributed by atoms with E-state index >= 15 is 0 Å². The molecule has 0 saturated heterocycles. The number of esters is 2. The molecule has 0 spiro atoms. The molecule has 0 fully saturated rings. The molecular weight excluding hydrogens is 316 g/mol. The summed E-state index contributed by atoms with van der Waals surface area (Å²) in [5.41, 5.74) is 0.363. The highest BCUT2D eigenvalue weighted by molar-refractivity contribution is 5.86. The van der Waals surface area contributed by atoms with Crippen LogP contribution in [-0.4, -0.2) is 24.6 Å². The van der Waals surface area contributed by atoms with Crippen molar-refractivity contribution in [2.75, 3.05) is 6.61 Å². The van der Waals surface area contributed by atoms with Crippen molar-refractivity contribution in [2.24, 2.45) is 0 Å². The van der Waals surface area contributed by atoms with E-state index < -0.39 is 5.97 Å². The predicted molar refractivity (Wildman–Crippen MR) is 102 cm³/mol. The Hall–Kier alpha value is -1.32. The van der Waals surface area contributed by atoms with Crippen LogP contribution in [0.15, 0.2) is 12.2 Å². The molecule has 0 aromatic heterocycles. The van der Waals surface area contributed by atoms with Crippen molar-refractivity contribution < 1.29 is 19.1 Å². The van der Waals surface area contributed by atoms with Gasteiger partial charge in [0.2, 0.25) is 0 Å². The molecule has 25 heavy (non-hydrogen) atoms.